The van der Waals surface area contributed by atoms with Crippen LogP contribution >= 0.6 is 23.2 Å². The second kappa shape index (κ2) is 14.4. The summed E-state index contributed by atoms with van der Waals surface area (Å²) in [6.45, 7) is 3.36. The molecular weight excluding hydrogens is 589 g/mol. The molecule has 3 rings (SSSR count). The third-order valence-electron chi connectivity index (χ3n) is 6.32. The number of benzene rings is 3. The minimum Gasteiger partial charge on any atom is -0.493 e. The molecule has 0 aliphatic heterocycles. The average Bonchev–Trinajstić information content (AvgIpc) is 2.98. The lowest BCUT2D eigenvalue weighted by atomic mass is 10.1. The van der Waals surface area contributed by atoms with E-state index in [0.717, 1.165) is 4.31 Å². The Morgan fingerprint density at radius 2 is 1.61 bits per heavy atom. The SMILES string of the molecule is CCCNC(=O)C(C)N(Cc1ccc(Cl)c(Cl)c1)C(=O)CN(c1ccccc1)S(=O)(=O)c1ccc(OC)c(OC)c1. The van der Waals surface area contributed by atoms with E-state index in [1.807, 2.05) is 6.92 Å². The van der Waals surface area contributed by atoms with Crippen LogP contribution < -0.4 is 19.1 Å². The normalized spacial score (nSPS) is 11.9. The Labute approximate surface area is 251 Å². The van der Waals surface area contributed by atoms with Gasteiger partial charge in [-0.2, -0.15) is 0 Å². The van der Waals surface area contributed by atoms with Crippen LogP contribution in [0.4, 0.5) is 5.69 Å². The molecule has 0 saturated carbocycles. The van der Waals surface area contributed by atoms with Crippen LogP contribution in [0.25, 0.3) is 0 Å². The van der Waals surface area contributed by atoms with Crippen molar-refractivity contribution in [3.63, 3.8) is 0 Å². The van der Waals surface area contributed by atoms with Crippen molar-refractivity contribution >= 4 is 50.7 Å². The first-order valence-corrected chi connectivity index (χ1v) is 15.0. The molecular formula is C29H33Cl2N3O6S. The number of rotatable bonds is 13. The van der Waals surface area contributed by atoms with Crippen LogP contribution in [0.1, 0.15) is 25.8 Å². The second-order valence-corrected chi connectivity index (χ2v) is 11.8. The summed E-state index contributed by atoms with van der Waals surface area (Å²) >= 11 is 12.3. The molecule has 41 heavy (non-hydrogen) atoms. The molecule has 0 bridgehead atoms. The first kappa shape index (κ1) is 32.0. The van der Waals surface area contributed by atoms with Gasteiger partial charge in [-0.3, -0.25) is 13.9 Å². The van der Waals surface area contributed by atoms with E-state index in [9.17, 15) is 18.0 Å². The molecule has 0 aromatic heterocycles. The molecule has 220 valence electrons. The van der Waals surface area contributed by atoms with Gasteiger partial charge in [0.15, 0.2) is 11.5 Å². The molecule has 1 unspecified atom stereocenters. The predicted octanol–water partition coefficient (Wildman–Crippen LogP) is 5.15. The Hall–Kier alpha value is -3.47. The monoisotopic (exact) mass is 621 g/mol. The van der Waals surface area contributed by atoms with Gasteiger partial charge in [-0.25, -0.2) is 8.42 Å². The highest BCUT2D eigenvalue weighted by atomic mass is 35.5. The lowest BCUT2D eigenvalue weighted by molar-refractivity contribution is -0.139. The minimum atomic E-state index is -4.27. The van der Waals surface area contributed by atoms with Crippen LogP contribution in [0.15, 0.2) is 71.6 Å². The number of carbonyl (C=O) groups is 2. The van der Waals surface area contributed by atoms with Crippen LogP contribution in [0, 0.1) is 0 Å². The molecule has 2 amide bonds. The van der Waals surface area contributed by atoms with E-state index in [4.69, 9.17) is 32.7 Å². The van der Waals surface area contributed by atoms with E-state index < -0.39 is 28.5 Å². The standard InChI is InChI=1S/C29H33Cl2N3O6S/c1-5-15-32-29(36)20(2)33(18-21-11-13-24(30)25(31)16-21)28(35)19-34(22-9-7-6-8-10-22)41(37,38)23-12-14-26(39-3)27(17-23)40-4/h6-14,16-17,20H,5,15,18-19H2,1-4H3,(H,32,36). The van der Waals surface area contributed by atoms with Crippen molar-refractivity contribution in [2.75, 3.05) is 31.6 Å². The summed E-state index contributed by atoms with van der Waals surface area (Å²) in [6.07, 6.45) is 0.713. The highest BCUT2D eigenvalue weighted by Crippen LogP contribution is 2.32. The summed E-state index contributed by atoms with van der Waals surface area (Å²) < 4.78 is 39.5. The van der Waals surface area contributed by atoms with Gasteiger partial charge in [0.2, 0.25) is 11.8 Å². The van der Waals surface area contributed by atoms with Crippen molar-refractivity contribution in [2.24, 2.45) is 0 Å². The maximum Gasteiger partial charge on any atom is 0.264 e. The Bertz CT molecular complexity index is 1470. The summed E-state index contributed by atoms with van der Waals surface area (Å²) in [4.78, 5) is 28.1. The number of para-hydroxylation sites is 1. The maximum atomic E-state index is 14.0. The Morgan fingerprint density at radius 1 is 0.927 bits per heavy atom. The van der Waals surface area contributed by atoms with Crippen LogP contribution in [0.5, 0.6) is 11.5 Å². The van der Waals surface area contributed by atoms with Gasteiger partial charge in [0.25, 0.3) is 10.0 Å². The fraction of sp³-hybridized carbons (Fsp3) is 0.310. The molecule has 0 aliphatic rings. The van der Waals surface area contributed by atoms with E-state index in [2.05, 4.69) is 5.32 Å². The molecule has 0 aliphatic carbocycles. The molecule has 0 saturated heterocycles. The molecule has 1 atom stereocenters. The quantitative estimate of drug-likeness (QED) is 0.283. The van der Waals surface area contributed by atoms with Gasteiger partial charge in [0.05, 0.1) is 34.8 Å². The van der Waals surface area contributed by atoms with Gasteiger partial charge >= 0.3 is 0 Å². The molecule has 0 fully saturated rings. The first-order valence-electron chi connectivity index (χ1n) is 12.8. The van der Waals surface area contributed by atoms with E-state index in [1.165, 1.54) is 37.3 Å². The smallest absolute Gasteiger partial charge is 0.264 e. The summed E-state index contributed by atoms with van der Waals surface area (Å²) in [5, 5.41) is 3.44. The van der Waals surface area contributed by atoms with Crippen molar-refractivity contribution in [1.29, 1.82) is 0 Å². The fourth-order valence-corrected chi connectivity index (χ4v) is 5.79. The summed E-state index contributed by atoms with van der Waals surface area (Å²) in [5.41, 5.74) is 0.894. The molecule has 9 nitrogen and oxygen atoms in total. The highest BCUT2D eigenvalue weighted by Gasteiger charge is 2.33. The number of ether oxygens (including phenoxy) is 2. The Kier molecular flexibility index (Phi) is 11.3. The van der Waals surface area contributed by atoms with Gasteiger partial charge < -0.3 is 19.7 Å². The lowest BCUT2D eigenvalue weighted by Gasteiger charge is -2.32. The summed E-state index contributed by atoms with van der Waals surface area (Å²) in [5.74, 6) is -0.388. The number of amides is 2. The van der Waals surface area contributed by atoms with Crippen molar-refractivity contribution in [1.82, 2.24) is 10.2 Å². The number of methoxy groups -OCH3 is 2. The zero-order valence-electron chi connectivity index (χ0n) is 23.3. The van der Waals surface area contributed by atoms with Gasteiger partial charge in [-0.1, -0.05) is 54.4 Å². The zero-order valence-corrected chi connectivity index (χ0v) is 25.6. The summed E-state index contributed by atoms with van der Waals surface area (Å²) in [6, 6.07) is 16.4. The molecule has 12 heteroatoms. The molecule has 3 aromatic carbocycles. The number of halogens is 2. The third-order valence-corrected chi connectivity index (χ3v) is 8.83. The molecule has 1 N–H and O–H groups in total. The van der Waals surface area contributed by atoms with E-state index in [1.54, 1.807) is 55.5 Å². The van der Waals surface area contributed by atoms with Crippen LogP contribution in [-0.2, 0) is 26.2 Å². The van der Waals surface area contributed by atoms with Crippen LogP contribution in [0.2, 0.25) is 10.0 Å². The van der Waals surface area contributed by atoms with E-state index in [0.29, 0.717) is 34.3 Å². The topological polar surface area (TPSA) is 105 Å². The number of carbonyl (C=O) groups excluding carboxylic acids is 2. The predicted molar refractivity (Wildman–Crippen MR) is 160 cm³/mol. The molecule has 0 heterocycles. The largest absolute Gasteiger partial charge is 0.493 e. The number of nitrogens with zero attached hydrogens (tertiary/aromatic N) is 2. The van der Waals surface area contributed by atoms with E-state index >= 15 is 0 Å². The minimum absolute atomic E-state index is 0.00449. The Balaban J connectivity index is 2.04. The second-order valence-electron chi connectivity index (χ2n) is 9.10. The molecule has 0 radical (unpaired) electrons. The molecule has 0 spiro atoms. The summed E-state index contributed by atoms with van der Waals surface area (Å²) in [7, 11) is -1.43. The third kappa shape index (κ3) is 7.84. The number of sulfonamides is 1. The maximum absolute atomic E-state index is 14.0. The number of hydrogen-bond donors (Lipinski definition) is 1. The number of anilines is 1. The lowest BCUT2D eigenvalue weighted by Crippen LogP contribution is -2.51. The Morgan fingerprint density at radius 3 is 2.22 bits per heavy atom. The fourth-order valence-electron chi connectivity index (χ4n) is 4.04. The van der Waals surface area contributed by atoms with Crippen molar-refractivity contribution in [2.45, 2.75) is 37.8 Å². The first-order chi connectivity index (χ1) is 19.5. The van der Waals surface area contributed by atoms with E-state index in [-0.39, 0.29) is 28.8 Å². The highest BCUT2D eigenvalue weighted by molar-refractivity contribution is 7.92. The van der Waals surface area contributed by atoms with Crippen molar-refractivity contribution in [3.05, 3.63) is 82.3 Å². The van der Waals surface area contributed by atoms with Crippen molar-refractivity contribution < 1.29 is 27.5 Å². The number of nitrogens with one attached hydrogen (secondary N) is 1. The zero-order chi connectivity index (χ0) is 30.2. The van der Waals surface area contributed by atoms with Gasteiger partial charge in [-0.15, -0.1) is 0 Å². The van der Waals surface area contributed by atoms with Gasteiger partial charge in [0.1, 0.15) is 12.6 Å². The van der Waals surface area contributed by atoms with Gasteiger partial charge in [0, 0.05) is 19.2 Å². The molecule has 3 aromatic rings. The van der Waals surface area contributed by atoms with Crippen LogP contribution in [0.3, 0.4) is 0 Å². The van der Waals surface area contributed by atoms with Gasteiger partial charge in [-0.05, 0) is 55.3 Å². The van der Waals surface area contributed by atoms with Crippen molar-refractivity contribution in [3.8, 4) is 11.5 Å². The average molecular weight is 623 g/mol. The van der Waals surface area contributed by atoms with Crippen LogP contribution in [-0.4, -0.2) is 58.5 Å². The number of hydrogen-bond acceptors (Lipinski definition) is 6.